The van der Waals surface area contributed by atoms with Gasteiger partial charge in [0.25, 0.3) is 0 Å². The van der Waals surface area contributed by atoms with Crippen LogP contribution in [0.25, 0.3) is 0 Å². The zero-order valence-corrected chi connectivity index (χ0v) is 11.7. The number of amides is 1. The number of hydrogen-bond donors (Lipinski definition) is 2. The molecule has 1 heterocycles. The number of esters is 1. The van der Waals surface area contributed by atoms with Gasteiger partial charge in [-0.05, 0) is 22.6 Å². The number of carbonyl (C=O) groups excluding carboxylic acids is 2. The molecule has 0 radical (unpaired) electrons. The Balaban J connectivity index is 2.78. The first-order chi connectivity index (χ1) is 8.74. The van der Waals surface area contributed by atoms with Crippen LogP contribution in [-0.4, -0.2) is 41.2 Å². The maximum Gasteiger partial charge on any atom is 0.471 e. The number of rotatable bonds is 4. The summed E-state index contributed by atoms with van der Waals surface area (Å²) in [6, 6.07) is -1.43. The Morgan fingerprint density at radius 2 is 2.21 bits per heavy atom. The third-order valence-corrected chi connectivity index (χ3v) is 2.62. The van der Waals surface area contributed by atoms with Crippen LogP contribution in [0, 0.1) is 3.83 Å². The van der Waals surface area contributed by atoms with Gasteiger partial charge in [-0.3, -0.25) is 4.79 Å². The lowest BCUT2D eigenvalue weighted by molar-refractivity contribution is -0.175. The van der Waals surface area contributed by atoms with Gasteiger partial charge in [0, 0.05) is 18.3 Å². The van der Waals surface area contributed by atoms with Gasteiger partial charge in [-0.2, -0.15) is 13.2 Å². The van der Waals surface area contributed by atoms with Gasteiger partial charge in [-0.25, -0.2) is 9.78 Å². The van der Waals surface area contributed by atoms with Crippen molar-refractivity contribution in [2.24, 2.45) is 0 Å². The quantitative estimate of drug-likeness (QED) is 0.587. The van der Waals surface area contributed by atoms with E-state index >= 15 is 0 Å². The fourth-order valence-electron chi connectivity index (χ4n) is 1.23. The second-order valence-electron chi connectivity index (χ2n) is 3.45. The number of methoxy groups -OCH3 is 1. The van der Waals surface area contributed by atoms with E-state index in [4.69, 9.17) is 0 Å². The van der Waals surface area contributed by atoms with Crippen molar-refractivity contribution in [1.29, 1.82) is 0 Å². The lowest BCUT2D eigenvalue weighted by Gasteiger charge is -2.16. The molecular formula is C9H9F3IN3O3. The lowest BCUT2D eigenvalue weighted by Crippen LogP contribution is -2.48. The average molecular weight is 391 g/mol. The topological polar surface area (TPSA) is 84.1 Å². The number of imidazole rings is 1. The van der Waals surface area contributed by atoms with Crippen molar-refractivity contribution in [3.63, 3.8) is 0 Å². The molecule has 0 spiro atoms. The monoisotopic (exact) mass is 391 g/mol. The molecule has 1 rings (SSSR count). The number of hydrogen-bond acceptors (Lipinski definition) is 4. The van der Waals surface area contributed by atoms with Crippen LogP contribution in [0.3, 0.4) is 0 Å². The van der Waals surface area contributed by atoms with Gasteiger partial charge in [0.15, 0.2) is 3.83 Å². The van der Waals surface area contributed by atoms with Gasteiger partial charge >= 0.3 is 18.1 Å². The van der Waals surface area contributed by atoms with Gasteiger partial charge in [0.1, 0.15) is 6.04 Å². The van der Waals surface area contributed by atoms with E-state index in [-0.39, 0.29) is 6.42 Å². The number of nitrogens with one attached hydrogen (secondary N) is 2. The van der Waals surface area contributed by atoms with Crippen molar-refractivity contribution >= 4 is 34.5 Å². The number of ether oxygens (including phenoxy) is 1. The summed E-state index contributed by atoms with van der Waals surface area (Å²) in [4.78, 5) is 28.7. The highest BCUT2D eigenvalue weighted by Crippen LogP contribution is 2.15. The Hall–Kier alpha value is -1.33. The van der Waals surface area contributed by atoms with Crippen LogP contribution >= 0.6 is 22.6 Å². The third-order valence-electron chi connectivity index (χ3n) is 2.07. The maximum atomic E-state index is 12.1. The molecule has 0 aliphatic heterocycles. The van der Waals surface area contributed by atoms with Crippen molar-refractivity contribution in [1.82, 2.24) is 15.3 Å². The van der Waals surface area contributed by atoms with E-state index in [0.29, 0.717) is 9.53 Å². The molecule has 6 nitrogen and oxygen atoms in total. The maximum absolute atomic E-state index is 12.1. The van der Waals surface area contributed by atoms with Crippen molar-refractivity contribution in [2.75, 3.05) is 7.11 Å². The Kier molecular flexibility index (Phi) is 5.14. The van der Waals surface area contributed by atoms with E-state index in [1.165, 1.54) is 6.20 Å². The van der Waals surface area contributed by atoms with Crippen molar-refractivity contribution in [2.45, 2.75) is 18.6 Å². The third kappa shape index (κ3) is 4.69. The second kappa shape index (κ2) is 6.21. The Morgan fingerprint density at radius 1 is 1.58 bits per heavy atom. The molecule has 0 bridgehead atoms. The summed E-state index contributed by atoms with van der Waals surface area (Å²) in [6.45, 7) is 0. The highest BCUT2D eigenvalue weighted by molar-refractivity contribution is 14.1. The predicted molar refractivity (Wildman–Crippen MR) is 65.0 cm³/mol. The standard InChI is InChI=1S/C9H9F3IN3O3/c1-19-6(17)5(16-7(18)9(10,11)12)2-4-3-14-8(13)15-4/h3,5H,2H2,1H3,(H,14,15)(H,16,18). The SMILES string of the molecule is COC(=O)C(Cc1cnc(I)[nH]1)NC(=O)C(F)(F)F. The van der Waals surface area contributed by atoms with Gasteiger partial charge in [0.05, 0.1) is 7.11 Å². The summed E-state index contributed by atoms with van der Waals surface area (Å²) < 4.78 is 41.3. The number of carbonyl (C=O) groups is 2. The first-order valence-corrected chi connectivity index (χ1v) is 5.96. The predicted octanol–water partition coefficient (Wildman–Crippen LogP) is 0.777. The first-order valence-electron chi connectivity index (χ1n) is 4.89. The fraction of sp³-hybridized carbons (Fsp3) is 0.444. The minimum absolute atomic E-state index is 0.176. The second-order valence-corrected chi connectivity index (χ2v) is 4.47. The van der Waals surface area contributed by atoms with E-state index < -0.39 is 24.1 Å². The molecule has 0 aromatic carbocycles. The Morgan fingerprint density at radius 3 is 2.63 bits per heavy atom. The summed E-state index contributed by atoms with van der Waals surface area (Å²) in [6.07, 6.45) is -3.88. The molecule has 2 N–H and O–H groups in total. The largest absolute Gasteiger partial charge is 0.471 e. The van der Waals surface area contributed by atoms with E-state index in [2.05, 4.69) is 14.7 Å². The number of H-pyrrole nitrogens is 1. The van der Waals surface area contributed by atoms with E-state index in [1.807, 2.05) is 22.6 Å². The molecule has 1 atom stereocenters. The average Bonchev–Trinajstić information content (AvgIpc) is 2.71. The zero-order chi connectivity index (χ0) is 14.6. The van der Waals surface area contributed by atoms with Crippen LogP contribution in [0.5, 0.6) is 0 Å². The van der Waals surface area contributed by atoms with Crippen LogP contribution in [0.15, 0.2) is 6.20 Å². The molecule has 1 amide bonds. The number of aromatic nitrogens is 2. The molecule has 0 saturated heterocycles. The van der Waals surface area contributed by atoms with E-state index in [9.17, 15) is 22.8 Å². The van der Waals surface area contributed by atoms with Crippen LogP contribution in [0.2, 0.25) is 0 Å². The number of nitrogens with zero attached hydrogens (tertiary/aromatic N) is 1. The summed E-state index contributed by atoms with van der Waals surface area (Å²) in [5.74, 6) is -3.17. The number of alkyl halides is 3. The minimum atomic E-state index is -5.06. The molecular weight excluding hydrogens is 382 g/mol. The molecule has 0 fully saturated rings. The Labute approximate surface area is 119 Å². The van der Waals surface area contributed by atoms with Crippen molar-refractivity contribution in [3.05, 3.63) is 15.7 Å². The van der Waals surface area contributed by atoms with Crippen LogP contribution in [-0.2, 0) is 20.7 Å². The number of aromatic amines is 1. The van der Waals surface area contributed by atoms with Crippen LogP contribution in [0.4, 0.5) is 13.2 Å². The van der Waals surface area contributed by atoms with E-state index in [0.717, 1.165) is 7.11 Å². The lowest BCUT2D eigenvalue weighted by atomic mass is 10.1. The summed E-state index contributed by atoms with van der Waals surface area (Å²) in [7, 11) is 1.02. The van der Waals surface area contributed by atoms with Crippen LogP contribution < -0.4 is 5.32 Å². The summed E-state index contributed by atoms with van der Waals surface area (Å²) >= 11 is 1.86. The van der Waals surface area contributed by atoms with Crippen molar-refractivity contribution < 1.29 is 27.5 Å². The molecule has 0 aliphatic rings. The Bertz CT molecular complexity index is 475. The zero-order valence-electron chi connectivity index (χ0n) is 9.55. The molecule has 1 aromatic heterocycles. The van der Waals surface area contributed by atoms with Crippen LogP contribution in [0.1, 0.15) is 5.69 Å². The molecule has 0 aliphatic carbocycles. The molecule has 106 valence electrons. The summed E-state index contributed by atoms with van der Waals surface area (Å²) in [5, 5.41) is 1.58. The van der Waals surface area contributed by atoms with E-state index in [1.54, 1.807) is 5.32 Å². The molecule has 0 saturated carbocycles. The normalized spacial score (nSPS) is 12.9. The minimum Gasteiger partial charge on any atom is -0.467 e. The highest BCUT2D eigenvalue weighted by atomic mass is 127. The van der Waals surface area contributed by atoms with Crippen molar-refractivity contribution in [3.8, 4) is 0 Å². The molecule has 1 aromatic rings. The highest BCUT2D eigenvalue weighted by Gasteiger charge is 2.41. The van der Waals surface area contributed by atoms with Gasteiger partial charge in [-0.1, -0.05) is 0 Å². The molecule has 10 heteroatoms. The molecule has 1 unspecified atom stereocenters. The molecule has 19 heavy (non-hydrogen) atoms. The fourth-order valence-corrected chi connectivity index (χ4v) is 1.72. The summed E-state index contributed by atoms with van der Waals surface area (Å²) in [5.41, 5.74) is 0.405. The van der Waals surface area contributed by atoms with Gasteiger partial charge in [0.2, 0.25) is 0 Å². The first kappa shape index (κ1) is 15.7. The smallest absolute Gasteiger partial charge is 0.467 e. The van der Waals surface area contributed by atoms with Gasteiger partial charge in [-0.15, -0.1) is 0 Å². The number of halogens is 4. The van der Waals surface area contributed by atoms with Gasteiger partial charge < -0.3 is 15.0 Å².